The summed E-state index contributed by atoms with van der Waals surface area (Å²) in [6, 6.07) is 15.9. The first-order valence-corrected chi connectivity index (χ1v) is 14.7. The Labute approximate surface area is 234 Å². The lowest BCUT2D eigenvalue weighted by Gasteiger charge is -2.42. The van der Waals surface area contributed by atoms with Gasteiger partial charge in [0, 0.05) is 42.7 Å². The monoisotopic (exact) mass is 549 g/mol. The van der Waals surface area contributed by atoms with Crippen LogP contribution in [0.25, 0.3) is 0 Å². The van der Waals surface area contributed by atoms with E-state index in [1.54, 1.807) is 23.5 Å². The van der Waals surface area contributed by atoms with Gasteiger partial charge in [-0.25, -0.2) is 4.39 Å². The highest BCUT2D eigenvalue weighted by Gasteiger charge is 2.34. The van der Waals surface area contributed by atoms with Crippen LogP contribution < -0.4 is 4.74 Å². The number of benzene rings is 2. The van der Waals surface area contributed by atoms with Crippen LogP contribution in [0.4, 0.5) is 4.39 Å². The van der Waals surface area contributed by atoms with Crippen LogP contribution in [0.5, 0.6) is 5.75 Å². The molecule has 2 aromatic carbocycles. The summed E-state index contributed by atoms with van der Waals surface area (Å²) < 4.78 is 19.8. The number of amides is 2. The van der Waals surface area contributed by atoms with E-state index >= 15 is 0 Å². The molecule has 39 heavy (non-hydrogen) atoms. The topological polar surface area (TPSA) is 53.1 Å². The van der Waals surface area contributed by atoms with Crippen molar-refractivity contribution in [1.29, 1.82) is 0 Å². The zero-order chi connectivity index (χ0) is 27.4. The molecule has 2 amide bonds. The van der Waals surface area contributed by atoms with Crippen molar-refractivity contribution in [3.63, 3.8) is 0 Å². The molecule has 0 N–H and O–H groups in total. The van der Waals surface area contributed by atoms with Gasteiger partial charge in [0.2, 0.25) is 5.91 Å². The van der Waals surface area contributed by atoms with E-state index in [0.717, 1.165) is 42.7 Å². The van der Waals surface area contributed by atoms with Gasteiger partial charge >= 0.3 is 0 Å². The van der Waals surface area contributed by atoms with Crippen LogP contribution in [0.15, 0.2) is 60.0 Å². The highest BCUT2D eigenvalue weighted by Crippen LogP contribution is 2.38. The van der Waals surface area contributed by atoms with Gasteiger partial charge < -0.3 is 14.5 Å². The Balaban J connectivity index is 1.21. The summed E-state index contributed by atoms with van der Waals surface area (Å²) in [5, 5.41) is 2.08. The van der Waals surface area contributed by atoms with Crippen molar-refractivity contribution in [2.45, 2.75) is 45.2 Å². The standard InChI is InChI=1S/C31H36FN3O3S/c1-3-4-17-38-26-10-8-23(9-11-26)31(37)35-16-15-33(20-22(35)2)29(36)21-34-14-12-28-27(13-18-39-28)30(34)24-6-5-7-25(32)19-24/h5-11,13,18-19,22,30H,3-4,12,14-17,20-21H2,1-2H3/t22-,30+/m1/s1. The van der Waals surface area contributed by atoms with E-state index < -0.39 is 0 Å². The third-order valence-electron chi connectivity index (χ3n) is 7.68. The van der Waals surface area contributed by atoms with Gasteiger partial charge in [0.25, 0.3) is 5.91 Å². The molecule has 0 spiro atoms. The Kier molecular flexibility index (Phi) is 8.63. The number of carbonyl (C=O) groups excluding carboxylic acids is 2. The second-order valence-electron chi connectivity index (χ2n) is 10.4. The summed E-state index contributed by atoms with van der Waals surface area (Å²) >= 11 is 1.72. The fourth-order valence-corrected chi connectivity index (χ4v) is 6.46. The number of piperazine rings is 1. The van der Waals surface area contributed by atoms with E-state index in [4.69, 9.17) is 4.74 Å². The zero-order valence-corrected chi connectivity index (χ0v) is 23.5. The second-order valence-corrected chi connectivity index (χ2v) is 11.4. The number of halogens is 1. The van der Waals surface area contributed by atoms with Gasteiger partial charge in [-0.3, -0.25) is 14.5 Å². The van der Waals surface area contributed by atoms with E-state index in [1.807, 2.05) is 47.1 Å². The van der Waals surface area contributed by atoms with Crippen LogP contribution in [0.2, 0.25) is 0 Å². The lowest BCUT2D eigenvalue weighted by molar-refractivity contribution is -0.135. The van der Waals surface area contributed by atoms with Gasteiger partial charge in [-0.1, -0.05) is 25.5 Å². The molecule has 2 aliphatic heterocycles. The Hall–Kier alpha value is -3.23. The molecule has 206 valence electrons. The minimum atomic E-state index is -0.269. The Morgan fingerprint density at radius 2 is 1.90 bits per heavy atom. The molecular weight excluding hydrogens is 513 g/mol. The zero-order valence-electron chi connectivity index (χ0n) is 22.6. The largest absolute Gasteiger partial charge is 0.494 e. The van der Waals surface area contributed by atoms with E-state index in [9.17, 15) is 14.0 Å². The smallest absolute Gasteiger partial charge is 0.254 e. The predicted molar refractivity (Wildman–Crippen MR) is 152 cm³/mol. The lowest BCUT2D eigenvalue weighted by Crippen LogP contribution is -2.57. The molecule has 1 saturated heterocycles. The van der Waals surface area contributed by atoms with Crippen molar-refractivity contribution < 1.29 is 18.7 Å². The minimum absolute atomic E-state index is 0.0260. The number of ether oxygens (including phenoxy) is 1. The molecule has 1 aromatic heterocycles. The lowest BCUT2D eigenvalue weighted by atomic mass is 9.93. The van der Waals surface area contributed by atoms with Crippen molar-refractivity contribution in [2.24, 2.45) is 0 Å². The Bertz CT molecular complexity index is 1290. The maximum atomic E-state index is 14.1. The van der Waals surface area contributed by atoms with Gasteiger partial charge in [-0.2, -0.15) is 0 Å². The van der Waals surface area contributed by atoms with Crippen molar-refractivity contribution in [3.8, 4) is 5.75 Å². The normalized spacial score (nSPS) is 19.6. The van der Waals surface area contributed by atoms with Crippen molar-refractivity contribution in [3.05, 3.63) is 87.4 Å². The fourth-order valence-electron chi connectivity index (χ4n) is 5.56. The van der Waals surface area contributed by atoms with Crippen LogP contribution in [0.1, 0.15) is 59.1 Å². The molecule has 5 rings (SSSR count). The maximum Gasteiger partial charge on any atom is 0.254 e. The Morgan fingerprint density at radius 1 is 1.08 bits per heavy atom. The van der Waals surface area contributed by atoms with Crippen LogP contribution in [-0.4, -0.2) is 71.9 Å². The SMILES string of the molecule is CCCCOc1ccc(C(=O)N2CCN(C(=O)CN3CCc4sccc4[C@@H]3c3cccc(F)c3)C[C@H]2C)cc1. The molecule has 3 heterocycles. The Morgan fingerprint density at radius 3 is 2.64 bits per heavy atom. The summed E-state index contributed by atoms with van der Waals surface area (Å²) in [5.74, 6) is 0.520. The van der Waals surface area contributed by atoms with E-state index in [2.05, 4.69) is 23.3 Å². The molecule has 2 atom stereocenters. The number of unbranched alkanes of at least 4 members (excludes halogenated alkanes) is 1. The quantitative estimate of drug-likeness (QED) is 0.354. The number of rotatable bonds is 8. The van der Waals surface area contributed by atoms with Crippen LogP contribution in [0, 0.1) is 5.82 Å². The summed E-state index contributed by atoms with van der Waals surface area (Å²) in [7, 11) is 0. The minimum Gasteiger partial charge on any atom is -0.494 e. The van der Waals surface area contributed by atoms with Gasteiger partial charge in [0.05, 0.1) is 19.2 Å². The van der Waals surface area contributed by atoms with E-state index in [0.29, 0.717) is 31.8 Å². The molecule has 6 nitrogen and oxygen atoms in total. The first kappa shape index (κ1) is 27.3. The van der Waals surface area contributed by atoms with E-state index in [-0.39, 0.29) is 36.3 Å². The fraction of sp³-hybridized carbons (Fsp3) is 0.419. The molecular formula is C31H36FN3O3S. The van der Waals surface area contributed by atoms with Gasteiger partial charge in [-0.05, 0) is 78.7 Å². The summed E-state index contributed by atoms with van der Waals surface area (Å²) in [5.41, 5.74) is 2.66. The predicted octanol–water partition coefficient (Wildman–Crippen LogP) is 5.39. The van der Waals surface area contributed by atoms with Gasteiger partial charge in [-0.15, -0.1) is 11.3 Å². The number of fused-ring (bicyclic) bond motifs is 1. The summed E-state index contributed by atoms with van der Waals surface area (Å²) in [4.78, 5) is 33.9. The van der Waals surface area contributed by atoms with Crippen molar-refractivity contribution >= 4 is 23.2 Å². The molecule has 0 bridgehead atoms. The van der Waals surface area contributed by atoms with Crippen molar-refractivity contribution in [2.75, 3.05) is 39.3 Å². The maximum absolute atomic E-state index is 14.1. The highest BCUT2D eigenvalue weighted by atomic mass is 32.1. The molecule has 0 radical (unpaired) electrons. The number of carbonyl (C=O) groups is 2. The summed E-state index contributed by atoms with van der Waals surface area (Å²) in [6.07, 6.45) is 2.96. The first-order valence-electron chi connectivity index (χ1n) is 13.8. The molecule has 8 heteroatoms. The second kappa shape index (κ2) is 12.3. The van der Waals surface area contributed by atoms with Gasteiger partial charge in [0.1, 0.15) is 11.6 Å². The van der Waals surface area contributed by atoms with Crippen LogP contribution in [0.3, 0.4) is 0 Å². The number of hydrogen-bond donors (Lipinski definition) is 0. The van der Waals surface area contributed by atoms with Crippen LogP contribution >= 0.6 is 11.3 Å². The molecule has 0 aliphatic carbocycles. The molecule has 0 unspecified atom stereocenters. The van der Waals surface area contributed by atoms with Gasteiger partial charge in [0.15, 0.2) is 0 Å². The molecule has 1 fully saturated rings. The number of nitrogens with zero attached hydrogens (tertiary/aromatic N) is 3. The highest BCUT2D eigenvalue weighted by molar-refractivity contribution is 7.10. The first-order chi connectivity index (χ1) is 18.9. The number of hydrogen-bond acceptors (Lipinski definition) is 5. The summed E-state index contributed by atoms with van der Waals surface area (Å²) in [6.45, 7) is 7.27. The third kappa shape index (κ3) is 6.17. The number of thiophene rings is 1. The average molecular weight is 550 g/mol. The third-order valence-corrected chi connectivity index (χ3v) is 8.67. The van der Waals surface area contributed by atoms with E-state index in [1.165, 1.54) is 10.9 Å². The van der Waals surface area contributed by atoms with Crippen molar-refractivity contribution in [1.82, 2.24) is 14.7 Å². The molecule has 2 aliphatic rings. The molecule has 0 saturated carbocycles. The van der Waals surface area contributed by atoms with Crippen LogP contribution in [-0.2, 0) is 11.2 Å². The average Bonchev–Trinajstić information content (AvgIpc) is 3.42. The molecule has 3 aromatic rings.